The normalized spacial score (nSPS) is 17.7. The lowest BCUT2D eigenvalue weighted by atomic mass is 9.91. The van der Waals surface area contributed by atoms with E-state index >= 15 is 0 Å². The SMILES string of the molecule is CCNC(c1cc(Cl)c(OC)cc1Cl)C1CCCC1. The first-order valence-corrected chi connectivity index (χ1v) is 7.69. The molecule has 0 spiro atoms. The molecular weight excluding hydrogens is 281 g/mol. The van der Waals surface area contributed by atoms with Gasteiger partial charge in [-0.15, -0.1) is 0 Å². The van der Waals surface area contributed by atoms with Gasteiger partial charge in [-0.25, -0.2) is 0 Å². The average molecular weight is 302 g/mol. The van der Waals surface area contributed by atoms with Gasteiger partial charge in [0, 0.05) is 17.1 Å². The van der Waals surface area contributed by atoms with Gasteiger partial charge in [-0.3, -0.25) is 0 Å². The quantitative estimate of drug-likeness (QED) is 0.840. The van der Waals surface area contributed by atoms with Gasteiger partial charge in [-0.05, 0) is 36.9 Å². The lowest BCUT2D eigenvalue weighted by Crippen LogP contribution is -2.27. The summed E-state index contributed by atoms with van der Waals surface area (Å²) in [6.07, 6.45) is 5.15. The van der Waals surface area contributed by atoms with Crippen LogP contribution in [0.25, 0.3) is 0 Å². The van der Waals surface area contributed by atoms with Crippen LogP contribution in [0, 0.1) is 5.92 Å². The largest absolute Gasteiger partial charge is 0.495 e. The maximum absolute atomic E-state index is 6.41. The summed E-state index contributed by atoms with van der Waals surface area (Å²) in [7, 11) is 1.61. The molecule has 1 aliphatic rings. The summed E-state index contributed by atoms with van der Waals surface area (Å²) in [5, 5.41) is 4.93. The van der Waals surface area contributed by atoms with Crippen LogP contribution in [-0.2, 0) is 0 Å². The molecule has 1 N–H and O–H groups in total. The highest BCUT2D eigenvalue weighted by Gasteiger charge is 2.27. The number of benzene rings is 1. The molecule has 0 heterocycles. The lowest BCUT2D eigenvalue weighted by Gasteiger charge is -2.26. The van der Waals surface area contributed by atoms with E-state index in [1.807, 2.05) is 12.1 Å². The van der Waals surface area contributed by atoms with Gasteiger partial charge in [0.25, 0.3) is 0 Å². The predicted octanol–water partition coefficient (Wildman–Crippen LogP) is 4.84. The summed E-state index contributed by atoms with van der Waals surface area (Å²) < 4.78 is 5.21. The minimum atomic E-state index is 0.295. The van der Waals surface area contributed by atoms with Crippen LogP contribution in [0.3, 0.4) is 0 Å². The van der Waals surface area contributed by atoms with Crippen molar-refractivity contribution in [3.63, 3.8) is 0 Å². The topological polar surface area (TPSA) is 21.3 Å². The summed E-state index contributed by atoms with van der Waals surface area (Å²) in [5.41, 5.74) is 1.10. The number of nitrogens with one attached hydrogen (secondary N) is 1. The second-order valence-corrected chi connectivity index (χ2v) is 5.90. The number of halogens is 2. The second kappa shape index (κ2) is 6.83. The number of ether oxygens (including phenoxy) is 1. The monoisotopic (exact) mass is 301 g/mol. The standard InChI is InChI=1S/C15H21Cl2NO/c1-3-18-15(10-6-4-5-7-10)11-8-13(17)14(19-2)9-12(11)16/h8-10,15,18H,3-7H2,1-2H3. The molecular formula is C15H21Cl2NO. The van der Waals surface area contributed by atoms with Crippen molar-refractivity contribution >= 4 is 23.2 Å². The molecule has 1 aromatic rings. The Bertz CT molecular complexity index is 430. The Kier molecular flexibility index (Phi) is 5.37. The Labute approximate surface area is 125 Å². The first-order valence-electron chi connectivity index (χ1n) is 6.93. The van der Waals surface area contributed by atoms with Crippen LogP contribution in [-0.4, -0.2) is 13.7 Å². The van der Waals surface area contributed by atoms with Crippen LogP contribution in [0.15, 0.2) is 12.1 Å². The molecule has 4 heteroatoms. The first kappa shape index (κ1) is 15.0. The molecule has 0 bridgehead atoms. The Balaban J connectivity index is 2.32. The van der Waals surface area contributed by atoms with E-state index in [0.29, 0.717) is 22.7 Å². The summed E-state index contributed by atoms with van der Waals surface area (Å²) in [6, 6.07) is 4.07. The van der Waals surface area contributed by atoms with E-state index in [4.69, 9.17) is 27.9 Å². The van der Waals surface area contributed by atoms with Crippen LogP contribution >= 0.6 is 23.2 Å². The Hall–Kier alpha value is -0.440. The van der Waals surface area contributed by atoms with Crippen LogP contribution in [0.1, 0.15) is 44.2 Å². The molecule has 1 aromatic carbocycles. The molecule has 1 fully saturated rings. The molecule has 19 heavy (non-hydrogen) atoms. The molecule has 1 atom stereocenters. The van der Waals surface area contributed by atoms with Crippen LogP contribution in [0.4, 0.5) is 0 Å². The Morgan fingerprint density at radius 2 is 1.95 bits per heavy atom. The third-order valence-electron chi connectivity index (χ3n) is 3.90. The van der Waals surface area contributed by atoms with E-state index in [0.717, 1.165) is 17.1 Å². The third kappa shape index (κ3) is 3.36. The van der Waals surface area contributed by atoms with E-state index in [2.05, 4.69) is 12.2 Å². The van der Waals surface area contributed by atoms with Gasteiger partial charge in [0.15, 0.2) is 0 Å². The minimum absolute atomic E-state index is 0.295. The molecule has 0 radical (unpaired) electrons. The van der Waals surface area contributed by atoms with Crippen LogP contribution in [0.2, 0.25) is 10.0 Å². The number of hydrogen-bond acceptors (Lipinski definition) is 2. The molecule has 106 valence electrons. The fraction of sp³-hybridized carbons (Fsp3) is 0.600. The van der Waals surface area contributed by atoms with Gasteiger partial charge < -0.3 is 10.1 Å². The van der Waals surface area contributed by atoms with Gasteiger partial charge in [0.1, 0.15) is 5.75 Å². The predicted molar refractivity (Wildman–Crippen MR) is 81.4 cm³/mol. The van der Waals surface area contributed by atoms with Gasteiger partial charge in [0.05, 0.1) is 12.1 Å². The highest BCUT2D eigenvalue weighted by Crippen LogP contribution is 2.41. The fourth-order valence-electron chi connectivity index (χ4n) is 2.98. The molecule has 2 nitrogen and oxygen atoms in total. The zero-order chi connectivity index (χ0) is 13.8. The summed E-state index contributed by atoms with van der Waals surface area (Å²) in [6.45, 7) is 3.06. The van der Waals surface area contributed by atoms with Gasteiger partial charge in [-0.2, -0.15) is 0 Å². The van der Waals surface area contributed by atoms with E-state index < -0.39 is 0 Å². The lowest BCUT2D eigenvalue weighted by molar-refractivity contribution is 0.373. The highest BCUT2D eigenvalue weighted by molar-refractivity contribution is 6.34. The van der Waals surface area contributed by atoms with Gasteiger partial charge >= 0.3 is 0 Å². The van der Waals surface area contributed by atoms with Crippen molar-refractivity contribution in [1.82, 2.24) is 5.32 Å². The fourth-order valence-corrected chi connectivity index (χ4v) is 3.50. The molecule has 0 aromatic heterocycles. The van der Waals surface area contributed by atoms with Crippen molar-refractivity contribution in [1.29, 1.82) is 0 Å². The van der Waals surface area contributed by atoms with Crippen molar-refractivity contribution in [3.05, 3.63) is 27.7 Å². The second-order valence-electron chi connectivity index (χ2n) is 5.09. The van der Waals surface area contributed by atoms with E-state index in [1.165, 1.54) is 25.7 Å². The van der Waals surface area contributed by atoms with E-state index in [1.54, 1.807) is 7.11 Å². The van der Waals surface area contributed by atoms with Crippen molar-refractivity contribution in [3.8, 4) is 5.75 Å². The molecule has 0 saturated heterocycles. The number of rotatable bonds is 5. The maximum atomic E-state index is 6.41. The van der Waals surface area contributed by atoms with Crippen LogP contribution in [0.5, 0.6) is 5.75 Å². The van der Waals surface area contributed by atoms with E-state index in [-0.39, 0.29) is 0 Å². The molecule has 1 saturated carbocycles. The van der Waals surface area contributed by atoms with E-state index in [9.17, 15) is 0 Å². The Morgan fingerprint density at radius 3 is 2.53 bits per heavy atom. The summed E-state index contributed by atoms with van der Waals surface area (Å²) >= 11 is 12.7. The zero-order valence-electron chi connectivity index (χ0n) is 11.5. The maximum Gasteiger partial charge on any atom is 0.138 e. The minimum Gasteiger partial charge on any atom is -0.495 e. The van der Waals surface area contributed by atoms with Gasteiger partial charge in [-0.1, -0.05) is 43.0 Å². The molecule has 1 unspecified atom stereocenters. The molecule has 1 aliphatic carbocycles. The number of hydrogen-bond donors (Lipinski definition) is 1. The molecule has 0 amide bonds. The molecule has 2 rings (SSSR count). The van der Waals surface area contributed by atoms with Crippen molar-refractivity contribution in [2.45, 2.75) is 38.6 Å². The Morgan fingerprint density at radius 1 is 1.26 bits per heavy atom. The third-order valence-corrected chi connectivity index (χ3v) is 4.52. The van der Waals surface area contributed by atoms with Crippen LogP contribution < -0.4 is 10.1 Å². The number of methoxy groups -OCH3 is 1. The summed E-state index contributed by atoms with van der Waals surface area (Å²) in [5.74, 6) is 1.29. The van der Waals surface area contributed by atoms with Crippen molar-refractivity contribution in [2.75, 3.05) is 13.7 Å². The highest BCUT2D eigenvalue weighted by atomic mass is 35.5. The van der Waals surface area contributed by atoms with Crippen molar-refractivity contribution < 1.29 is 4.74 Å². The zero-order valence-corrected chi connectivity index (χ0v) is 13.0. The smallest absolute Gasteiger partial charge is 0.138 e. The molecule has 0 aliphatic heterocycles. The average Bonchev–Trinajstić information content (AvgIpc) is 2.92. The summed E-state index contributed by atoms with van der Waals surface area (Å²) in [4.78, 5) is 0. The van der Waals surface area contributed by atoms with Crippen molar-refractivity contribution in [2.24, 2.45) is 5.92 Å². The van der Waals surface area contributed by atoms with Gasteiger partial charge in [0.2, 0.25) is 0 Å². The first-order chi connectivity index (χ1) is 9.17.